The van der Waals surface area contributed by atoms with Crippen molar-refractivity contribution >= 4 is 11.6 Å². The molecule has 2 rings (SSSR count). The van der Waals surface area contributed by atoms with Gasteiger partial charge in [-0.15, -0.1) is 11.6 Å². The smallest absolute Gasteiger partial charge is 0.0863 e. The summed E-state index contributed by atoms with van der Waals surface area (Å²) < 4.78 is 0. The molecule has 3 unspecified atom stereocenters. The minimum absolute atomic E-state index is 0.0394. The molecule has 1 nitrogen and oxygen atoms in total. The fraction of sp³-hybridized carbons (Fsp3) is 1.00. The molecule has 1 N–H and O–H groups in total. The summed E-state index contributed by atoms with van der Waals surface area (Å²) in [6, 6.07) is 0. The highest BCUT2D eigenvalue weighted by atomic mass is 35.5. The van der Waals surface area contributed by atoms with E-state index in [1.165, 1.54) is 19.3 Å². The molecule has 2 fully saturated rings. The lowest BCUT2D eigenvalue weighted by Crippen LogP contribution is -2.50. The van der Waals surface area contributed by atoms with E-state index in [4.69, 9.17) is 11.6 Å². The van der Waals surface area contributed by atoms with Gasteiger partial charge >= 0.3 is 0 Å². The predicted molar refractivity (Wildman–Crippen MR) is 50.3 cm³/mol. The highest BCUT2D eigenvalue weighted by Crippen LogP contribution is 2.61. The first kappa shape index (κ1) is 8.83. The van der Waals surface area contributed by atoms with E-state index in [9.17, 15) is 5.11 Å². The Labute approximate surface area is 79.1 Å². The lowest BCUT2D eigenvalue weighted by Gasteiger charge is -2.44. The Morgan fingerprint density at radius 3 is 2.25 bits per heavy atom. The molecule has 2 aliphatic rings. The van der Waals surface area contributed by atoms with Crippen molar-refractivity contribution in [3.63, 3.8) is 0 Å². The van der Waals surface area contributed by atoms with Crippen molar-refractivity contribution in [2.45, 2.75) is 38.7 Å². The normalized spacial score (nSPS) is 50.0. The van der Waals surface area contributed by atoms with E-state index in [1.54, 1.807) is 0 Å². The molecule has 0 saturated heterocycles. The Kier molecular flexibility index (Phi) is 1.76. The molecular weight excluding hydrogens is 172 g/mol. The van der Waals surface area contributed by atoms with Crippen LogP contribution in [-0.2, 0) is 0 Å². The van der Waals surface area contributed by atoms with E-state index in [-0.39, 0.29) is 5.41 Å². The van der Waals surface area contributed by atoms with E-state index >= 15 is 0 Å². The van der Waals surface area contributed by atoms with Gasteiger partial charge in [-0.3, -0.25) is 0 Å². The minimum Gasteiger partial charge on any atom is -0.388 e. The molecular formula is C10H17ClO. The summed E-state index contributed by atoms with van der Waals surface area (Å²) >= 11 is 5.88. The maximum absolute atomic E-state index is 10.4. The van der Waals surface area contributed by atoms with Gasteiger partial charge in [0.05, 0.1) is 11.5 Å². The zero-order chi connectivity index (χ0) is 8.98. The Bertz CT molecular complexity index is 202. The van der Waals surface area contributed by atoms with Crippen LogP contribution < -0.4 is 0 Å². The summed E-state index contributed by atoms with van der Waals surface area (Å²) in [5.41, 5.74) is -0.546. The van der Waals surface area contributed by atoms with Gasteiger partial charge in [0.15, 0.2) is 0 Å². The van der Waals surface area contributed by atoms with Crippen LogP contribution in [-0.4, -0.2) is 16.6 Å². The number of rotatable bonds is 1. The Balaban J connectivity index is 2.34. The Hall–Kier alpha value is 0.250. The molecule has 0 heterocycles. The third-order valence-electron chi connectivity index (χ3n) is 4.45. The molecule has 2 saturated carbocycles. The second kappa shape index (κ2) is 2.39. The van der Waals surface area contributed by atoms with Crippen LogP contribution in [0.15, 0.2) is 0 Å². The Morgan fingerprint density at radius 1 is 1.33 bits per heavy atom. The molecule has 0 radical (unpaired) electrons. The lowest BCUT2D eigenvalue weighted by atomic mass is 9.66. The predicted octanol–water partition coefficient (Wildman–Crippen LogP) is 2.41. The largest absolute Gasteiger partial charge is 0.388 e. The van der Waals surface area contributed by atoms with Crippen LogP contribution in [0.1, 0.15) is 33.1 Å². The summed E-state index contributed by atoms with van der Waals surface area (Å²) in [6.45, 7) is 4.33. The summed E-state index contributed by atoms with van der Waals surface area (Å²) in [5.74, 6) is 1.57. The van der Waals surface area contributed by atoms with Crippen LogP contribution in [0.5, 0.6) is 0 Å². The molecule has 0 aromatic rings. The number of aliphatic hydroxyl groups is 1. The molecule has 0 aromatic carbocycles. The van der Waals surface area contributed by atoms with Crippen LogP contribution in [0.4, 0.5) is 0 Å². The fourth-order valence-electron chi connectivity index (χ4n) is 3.23. The van der Waals surface area contributed by atoms with E-state index in [0.717, 1.165) is 0 Å². The van der Waals surface area contributed by atoms with Crippen LogP contribution in [0.25, 0.3) is 0 Å². The summed E-state index contributed by atoms with van der Waals surface area (Å²) in [4.78, 5) is 0. The molecule has 70 valence electrons. The van der Waals surface area contributed by atoms with Gasteiger partial charge in [-0.1, -0.05) is 13.8 Å². The van der Waals surface area contributed by atoms with E-state index in [0.29, 0.717) is 17.7 Å². The number of halogens is 1. The zero-order valence-corrected chi connectivity index (χ0v) is 8.56. The van der Waals surface area contributed by atoms with Crippen molar-refractivity contribution in [2.24, 2.45) is 17.3 Å². The third-order valence-corrected chi connectivity index (χ3v) is 4.86. The maximum Gasteiger partial charge on any atom is 0.0863 e. The first-order chi connectivity index (χ1) is 5.52. The molecule has 2 aliphatic carbocycles. The fourth-order valence-corrected chi connectivity index (χ4v) is 3.79. The molecule has 0 spiro atoms. The SMILES string of the molecule is CC1(C)C2CCC(C2)C1(O)CCl. The number of hydrogen-bond acceptors (Lipinski definition) is 1. The molecule has 0 aromatic heterocycles. The van der Waals surface area contributed by atoms with Gasteiger partial charge < -0.3 is 5.11 Å². The van der Waals surface area contributed by atoms with Crippen LogP contribution in [0, 0.1) is 17.3 Å². The molecule has 0 amide bonds. The number of alkyl halides is 1. The van der Waals surface area contributed by atoms with Crippen molar-refractivity contribution in [3.05, 3.63) is 0 Å². The van der Waals surface area contributed by atoms with E-state index in [1.807, 2.05) is 0 Å². The number of hydrogen-bond donors (Lipinski definition) is 1. The van der Waals surface area contributed by atoms with Crippen molar-refractivity contribution < 1.29 is 5.11 Å². The number of fused-ring (bicyclic) bond motifs is 2. The third kappa shape index (κ3) is 0.793. The zero-order valence-electron chi connectivity index (χ0n) is 7.81. The summed E-state index contributed by atoms with van der Waals surface area (Å²) in [6.07, 6.45) is 3.66. The molecule has 2 heteroatoms. The van der Waals surface area contributed by atoms with Gasteiger partial charge in [0, 0.05) is 0 Å². The molecule has 0 aliphatic heterocycles. The van der Waals surface area contributed by atoms with Crippen molar-refractivity contribution in [1.29, 1.82) is 0 Å². The average Bonchev–Trinajstić information content (AvgIpc) is 2.55. The quantitative estimate of drug-likeness (QED) is 0.627. The highest BCUT2D eigenvalue weighted by Gasteiger charge is 2.61. The van der Waals surface area contributed by atoms with Crippen molar-refractivity contribution in [2.75, 3.05) is 5.88 Å². The second-order valence-electron chi connectivity index (χ2n) is 4.99. The Morgan fingerprint density at radius 2 is 1.92 bits per heavy atom. The van der Waals surface area contributed by atoms with Gasteiger partial charge in [0.2, 0.25) is 0 Å². The second-order valence-corrected chi connectivity index (χ2v) is 5.25. The minimum atomic E-state index is -0.586. The standard InChI is InChI=1S/C10H17ClO/c1-9(2)7-3-4-8(5-7)10(9,12)6-11/h7-8,12H,3-6H2,1-2H3. The summed E-state index contributed by atoms with van der Waals surface area (Å²) in [5, 5.41) is 10.4. The molecule has 3 atom stereocenters. The van der Waals surface area contributed by atoms with E-state index in [2.05, 4.69) is 13.8 Å². The molecule has 12 heavy (non-hydrogen) atoms. The average molecular weight is 189 g/mol. The maximum atomic E-state index is 10.4. The van der Waals surface area contributed by atoms with Crippen molar-refractivity contribution in [3.8, 4) is 0 Å². The first-order valence-corrected chi connectivity index (χ1v) is 5.34. The van der Waals surface area contributed by atoms with Gasteiger partial charge in [-0.05, 0) is 36.5 Å². The topological polar surface area (TPSA) is 20.2 Å². The van der Waals surface area contributed by atoms with Crippen LogP contribution in [0.3, 0.4) is 0 Å². The van der Waals surface area contributed by atoms with Crippen molar-refractivity contribution in [1.82, 2.24) is 0 Å². The first-order valence-electron chi connectivity index (χ1n) is 4.80. The van der Waals surface area contributed by atoms with Gasteiger partial charge in [-0.2, -0.15) is 0 Å². The lowest BCUT2D eigenvalue weighted by molar-refractivity contribution is -0.0873. The van der Waals surface area contributed by atoms with Gasteiger partial charge in [0.1, 0.15) is 0 Å². The monoisotopic (exact) mass is 188 g/mol. The van der Waals surface area contributed by atoms with Crippen LogP contribution >= 0.6 is 11.6 Å². The van der Waals surface area contributed by atoms with Gasteiger partial charge in [-0.25, -0.2) is 0 Å². The summed E-state index contributed by atoms with van der Waals surface area (Å²) in [7, 11) is 0. The van der Waals surface area contributed by atoms with E-state index < -0.39 is 5.60 Å². The molecule has 2 bridgehead atoms. The highest BCUT2D eigenvalue weighted by molar-refractivity contribution is 6.18. The van der Waals surface area contributed by atoms with Gasteiger partial charge in [0.25, 0.3) is 0 Å². The van der Waals surface area contributed by atoms with Crippen LogP contribution in [0.2, 0.25) is 0 Å².